The largest absolute Gasteiger partial charge is 0.481 e. The van der Waals surface area contributed by atoms with Crippen LogP contribution in [-0.2, 0) is 4.79 Å². The average Bonchev–Trinajstić information content (AvgIpc) is 1.80. The number of hydrogen-bond acceptors (Lipinski definition) is 1. The molecule has 0 amide bonds. The van der Waals surface area contributed by atoms with Gasteiger partial charge in [-0.15, -0.1) is 0 Å². The van der Waals surface area contributed by atoms with Gasteiger partial charge in [-0.1, -0.05) is 6.42 Å². The minimum atomic E-state index is -1.52. The third-order valence-corrected chi connectivity index (χ3v) is 3.12. The lowest BCUT2D eigenvalue weighted by Crippen LogP contribution is -2.43. The molecule has 2 unspecified atom stereocenters. The second kappa shape index (κ2) is 3.04. The SMILES string of the molecule is CC(C(=O)O)C(C)(F)C1CCC1. The molecule has 1 fully saturated rings. The number of carboxylic acids is 1. The Morgan fingerprint density at radius 2 is 2.17 bits per heavy atom. The lowest BCUT2D eigenvalue weighted by atomic mass is 9.70. The van der Waals surface area contributed by atoms with Gasteiger partial charge in [0.25, 0.3) is 0 Å². The molecule has 1 aliphatic rings. The number of alkyl halides is 1. The zero-order chi connectivity index (χ0) is 9.35. The Morgan fingerprint density at radius 1 is 1.67 bits per heavy atom. The Labute approximate surface area is 71.8 Å². The van der Waals surface area contributed by atoms with E-state index in [1.807, 2.05) is 0 Å². The highest BCUT2D eigenvalue weighted by atomic mass is 19.1. The molecule has 1 saturated carbocycles. The van der Waals surface area contributed by atoms with E-state index in [-0.39, 0.29) is 5.92 Å². The maximum Gasteiger partial charge on any atom is 0.309 e. The Hall–Kier alpha value is -0.600. The topological polar surface area (TPSA) is 37.3 Å². The van der Waals surface area contributed by atoms with Crippen LogP contribution in [0.1, 0.15) is 33.1 Å². The number of rotatable bonds is 3. The molecule has 0 radical (unpaired) electrons. The summed E-state index contributed by atoms with van der Waals surface area (Å²) in [4.78, 5) is 10.6. The molecule has 12 heavy (non-hydrogen) atoms. The fourth-order valence-corrected chi connectivity index (χ4v) is 1.57. The molecule has 0 aromatic heterocycles. The maximum absolute atomic E-state index is 13.8. The van der Waals surface area contributed by atoms with Gasteiger partial charge in [0.2, 0.25) is 0 Å². The van der Waals surface area contributed by atoms with Crippen LogP contribution in [0.3, 0.4) is 0 Å². The molecule has 0 heterocycles. The molecule has 0 aliphatic heterocycles. The summed E-state index contributed by atoms with van der Waals surface area (Å²) in [6.07, 6.45) is 2.71. The molecule has 0 saturated heterocycles. The van der Waals surface area contributed by atoms with Gasteiger partial charge < -0.3 is 5.11 Å². The highest BCUT2D eigenvalue weighted by molar-refractivity contribution is 5.71. The summed E-state index contributed by atoms with van der Waals surface area (Å²) >= 11 is 0. The van der Waals surface area contributed by atoms with Gasteiger partial charge in [-0.3, -0.25) is 4.79 Å². The summed E-state index contributed by atoms with van der Waals surface area (Å²) < 4.78 is 13.8. The second-order valence-corrected chi connectivity index (χ2v) is 3.84. The van der Waals surface area contributed by atoms with Crippen LogP contribution < -0.4 is 0 Å². The van der Waals surface area contributed by atoms with Crippen molar-refractivity contribution in [1.82, 2.24) is 0 Å². The first-order valence-electron chi connectivity index (χ1n) is 4.38. The van der Waals surface area contributed by atoms with E-state index >= 15 is 0 Å². The average molecular weight is 174 g/mol. The van der Waals surface area contributed by atoms with Crippen molar-refractivity contribution in [2.75, 3.05) is 0 Å². The molecular weight excluding hydrogens is 159 g/mol. The molecule has 3 heteroatoms. The van der Waals surface area contributed by atoms with E-state index in [2.05, 4.69) is 0 Å². The van der Waals surface area contributed by atoms with Crippen LogP contribution in [0.2, 0.25) is 0 Å². The van der Waals surface area contributed by atoms with Crippen LogP contribution in [0.25, 0.3) is 0 Å². The van der Waals surface area contributed by atoms with Gasteiger partial charge in [-0.2, -0.15) is 0 Å². The Balaban J connectivity index is 2.62. The van der Waals surface area contributed by atoms with E-state index < -0.39 is 17.6 Å². The molecule has 1 aliphatic carbocycles. The van der Waals surface area contributed by atoms with Crippen molar-refractivity contribution >= 4 is 5.97 Å². The number of halogens is 1. The van der Waals surface area contributed by atoms with Gasteiger partial charge in [-0.25, -0.2) is 4.39 Å². The number of carboxylic acid groups (broad SMARTS) is 1. The Kier molecular flexibility index (Phi) is 2.40. The molecule has 2 nitrogen and oxygen atoms in total. The normalized spacial score (nSPS) is 25.6. The van der Waals surface area contributed by atoms with E-state index in [0.29, 0.717) is 0 Å². The summed E-state index contributed by atoms with van der Waals surface area (Å²) in [6.45, 7) is 2.86. The molecular formula is C9H15FO2. The monoisotopic (exact) mass is 174 g/mol. The summed E-state index contributed by atoms with van der Waals surface area (Å²) in [5.41, 5.74) is -1.52. The van der Waals surface area contributed by atoms with Crippen molar-refractivity contribution in [2.24, 2.45) is 11.8 Å². The number of aliphatic carboxylic acids is 1. The third-order valence-electron chi connectivity index (χ3n) is 3.12. The summed E-state index contributed by atoms with van der Waals surface area (Å²) in [5.74, 6) is -1.96. The Bertz CT molecular complexity index is 185. The smallest absolute Gasteiger partial charge is 0.309 e. The van der Waals surface area contributed by atoms with E-state index in [4.69, 9.17) is 5.11 Å². The first kappa shape index (κ1) is 9.49. The molecule has 0 spiro atoms. The van der Waals surface area contributed by atoms with Crippen molar-refractivity contribution in [1.29, 1.82) is 0 Å². The van der Waals surface area contributed by atoms with Crippen molar-refractivity contribution in [3.05, 3.63) is 0 Å². The second-order valence-electron chi connectivity index (χ2n) is 3.84. The van der Waals surface area contributed by atoms with Gasteiger partial charge in [-0.05, 0) is 32.6 Å². The highest BCUT2D eigenvalue weighted by Gasteiger charge is 2.45. The van der Waals surface area contributed by atoms with E-state index in [1.54, 1.807) is 0 Å². The molecule has 1 rings (SSSR count). The molecule has 0 aromatic rings. The van der Waals surface area contributed by atoms with E-state index in [9.17, 15) is 9.18 Å². The molecule has 2 atom stereocenters. The lowest BCUT2D eigenvalue weighted by Gasteiger charge is -2.39. The molecule has 0 aromatic carbocycles. The predicted octanol–water partition coefficient (Wildman–Crippen LogP) is 2.24. The number of hydrogen-bond donors (Lipinski definition) is 1. The van der Waals surface area contributed by atoms with Crippen molar-refractivity contribution < 1.29 is 14.3 Å². The van der Waals surface area contributed by atoms with E-state index in [0.717, 1.165) is 19.3 Å². The summed E-state index contributed by atoms with van der Waals surface area (Å²) in [5, 5.41) is 8.65. The van der Waals surface area contributed by atoms with Crippen LogP contribution in [-0.4, -0.2) is 16.7 Å². The first-order valence-corrected chi connectivity index (χ1v) is 4.38. The predicted molar refractivity (Wildman–Crippen MR) is 43.7 cm³/mol. The summed E-state index contributed by atoms with van der Waals surface area (Å²) in [6, 6.07) is 0. The quantitative estimate of drug-likeness (QED) is 0.712. The minimum absolute atomic E-state index is 0.0383. The first-order chi connectivity index (χ1) is 5.46. The van der Waals surface area contributed by atoms with Gasteiger partial charge in [0, 0.05) is 0 Å². The van der Waals surface area contributed by atoms with Crippen LogP contribution in [0.4, 0.5) is 4.39 Å². The zero-order valence-electron chi connectivity index (χ0n) is 7.51. The summed E-state index contributed by atoms with van der Waals surface area (Å²) in [7, 11) is 0. The van der Waals surface area contributed by atoms with Gasteiger partial charge in [0.1, 0.15) is 5.67 Å². The Morgan fingerprint density at radius 3 is 2.42 bits per heavy atom. The third kappa shape index (κ3) is 1.45. The highest BCUT2D eigenvalue weighted by Crippen LogP contribution is 2.42. The van der Waals surface area contributed by atoms with Crippen molar-refractivity contribution in [2.45, 2.75) is 38.8 Å². The van der Waals surface area contributed by atoms with Crippen LogP contribution in [0.15, 0.2) is 0 Å². The van der Waals surface area contributed by atoms with Gasteiger partial charge in [0.15, 0.2) is 0 Å². The van der Waals surface area contributed by atoms with Gasteiger partial charge in [0.05, 0.1) is 5.92 Å². The molecule has 0 bridgehead atoms. The maximum atomic E-state index is 13.8. The fraction of sp³-hybridized carbons (Fsp3) is 0.889. The van der Waals surface area contributed by atoms with Crippen LogP contribution in [0.5, 0.6) is 0 Å². The molecule has 1 N–H and O–H groups in total. The van der Waals surface area contributed by atoms with Crippen LogP contribution in [0, 0.1) is 11.8 Å². The van der Waals surface area contributed by atoms with Crippen molar-refractivity contribution in [3.8, 4) is 0 Å². The van der Waals surface area contributed by atoms with Crippen molar-refractivity contribution in [3.63, 3.8) is 0 Å². The zero-order valence-corrected chi connectivity index (χ0v) is 7.51. The van der Waals surface area contributed by atoms with Gasteiger partial charge >= 0.3 is 5.97 Å². The fourth-order valence-electron chi connectivity index (χ4n) is 1.57. The standard InChI is InChI=1S/C9H15FO2/c1-6(8(11)12)9(2,10)7-4-3-5-7/h6-7H,3-5H2,1-2H3,(H,11,12). The van der Waals surface area contributed by atoms with Crippen LogP contribution >= 0.6 is 0 Å². The van der Waals surface area contributed by atoms with E-state index in [1.165, 1.54) is 13.8 Å². The lowest BCUT2D eigenvalue weighted by molar-refractivity contribution is -0.149. The molecule has 70 valence electrons. The number of carbonyl (C=O) groups is 1. The minimum Gasteiger partial charge on any atom is -0.481 e.